The molecule has 0 spiro atoms. The maximum atomic E-state index is 11.5. The van der Waals surface area contributed by atoms with Gasteiger partial charge in [0.25, 0.3) is 0 Å². The summed E-state index contributed by atoms with van der Waals surface area (Å²) in [6.07, 6.45) is 7.12. The van der Waals surface area contributed by atoms with Crippen LogP contribution in [0.2, 0.25) is 0 Å². The topological polar surface area (TPSA) is 83.0 Å². The van der Waals surface area contributed by atoms with E-state index in [4.69, 9.17) is 9.47 Å². The molecular weight excluding hydrogens is 693 g/mol. The molecule has 0 aliphatic heterocycles. The van der Waals surface area contributed by atoms with Gasteiger partial charge in [-0.1, -0.05) is 160 Å². The van der Waals surface area contributed by atoms with E-state index in [1.54, 1.807) is 0 Å². The van der Waals surface area contributed by atoms with Gasteiger partial charge >= 0.3 is 0 Å². The van der Waals surface area contributed by atoms with Crippen molar-refractivity contribution in [3.8, 4) is 28.4 Å². The summed E-state index contributed by atoms with van der Waals surface area (Å²) in [5.74, 6) is 1.99. The van der Waals surface area contributed by atoms with Gasteiger partial charge in [0, 0.05) is 59.1 Å². The van der Waals surface area contributed by atoms with E-state index in [1.165, 1.54) is 11.1 Å². The highest BCUT2D eigenvalue weighted by atomic mass is 16.5. The van der Waals surface area contributed by atoms with Gasteiger partial charge in [0.05, 0.1) is 0 Å². The molecule has 0 aliphatic carbocycles. The first-order chi connectivity index (χ1) is 27.3. The van der Waals surface area contributed by atoms with Crippen molar-refractivity contribution in [1.82, 2.24) is 10.6 Å². The van der Waals surface area contributed by atoms with Crippen molar-refractivity contribution >= 4 is 5.57 Å². The number of benzene rings is 5. The second kappa shape index (κ2) is 22.9. The van der Waals surface area contributed by atoms with Crippen LogP contribution in [0.25, 0.3) is 16.7 Å². The number of aryl methyl sites for hydroxylation is 2. The molecular formula is C50H62N2O4. The Morgan fingerprint density at radius 1 is 0.714 bits per heavy atom. The smallest absolute Gasteiger partial charge is 0.128 e. The van der Waals surface area contributed by atoms with Gasteiger partial charge in [-0.15, -0.1) is 0 Å². The van der Waals surface area contributed by atoms with Crippen LogP contribution in [0, 0.1) is 13.8 Å². The molecule has 1 atom stereocenters. The molecule has 0 amide bonds. The van der Waals surface area contributed by atoms with Crippen LogP contribution in [-0.4, -0.2) is 22.8 Å². The van der Waals surface area contributed by atoms with E-state index in [0.717, 1.165) is 75.3 Å². The fraction of sp³-hybridized carbons (Fsp3) is 0.320. The van der Waals surface area contributed by atoms with Crippen molar-refractivity contribution in [2.24, 2.45) is 0 Å². The zero-order valence-electron chi connectivity index (χ0n) is 34.5. The van der Waals surface area contributed by atoms with Gasteiger partial charge in [0.15, 0.2) is 0 Å². The van der Waals surface area contributed by atoms with Crippen LogP contribution in [0.3, 0.4) is 0 Å². The Morgan fingerprint density at radius 2 is 1.32 bits per heavy atom. The van der Waals surface area contributed by atoms with Crippen molar-refractivity contribution in [1.29, 1.82) is 0 Å². The SMILES string of the molecule is C/C=C\C(=C(/C)OCc1ccc(C)cc1)c1cccc(CNC(CCCC)CNCc2cccc(-c3ccccc3OCc3ccc(C)cc3)c2O)c1O.CC. The Kier molecular flexibility index (Phi) is 17.8. The Hall–Kier alpha value is -5.30. The van der Waals surface area contributed by atoms with Crippen LogP contribution < -0.4 is 15.4 Å². The molecule has 0 heterocycles. The fourth-order valence-corrected chi connectivity index (χ4v) is 6.44. The van der Waals surface area contributed by atoms with Crippen molar-refractivity contribution < 1.29 is 19.7 Å². The van der Waals surface area contributed by atoms with E-state index in [0.29, 0.717) is 32.8 Å². The van der Waals surface area contributed by atoms with Gasteiger partial charge in [0.2, 0.25) is 0 Å². The van der Waals surface area contributed by atoms with E-state index in [9.17, 15) is 10.2 Å². The van der Waals surface area contributed by atoms with Gasteiger partial charge in [-0.2, -0.15) is 0 Å². The Labute approximate surface area is 336 Å². The number of hydrogen-bond acceptors (Lipinski definition) is 6. The second-order valence-corrected chi connectivity index (χ2v) is 14.0. The van der Waals surface area contributed by atoms with Gasteiger partial charge in [-0.3, -0.25) is 0 Å². The highest BCUT2D eigenvalue weighted by Gasteiger charge is 2.17. The number of rotatable bonds is 19. The number of aromatic hydroxyl groups is 2. The molecule has 0 saturated carbocycles. The van der Waals surface area contributed by atoms with Crippen LogP contribution in [0.15, 0.2) is 127 Å². The maximum absolute atomic E-state index is 11.5. The lowest BCUT2D eigenvalue weighted by Crippen LogP contribution is -2.38. The number of hydrogen-bond donors (Lipinski definition) is 4. The average Bonchev–Trinajstić information content (AvgIpc) is 3.22. The highest BCUT2D eigenvalue weighted by Crippen LogP contribution is 2.38. The monoisotopic (exact) mass is 754 g/mol. The standard InChI is InChI=1S/C48H56N2O4.C2H6/c1-6-8-16-41(50-30-40-15-12-18-44(48(40)52)42(13-7-2)36(5)53-32-37-25-21-34(3)22-26-37)31-49-29-39-14-11-19-45(47(39)51)43-17-9-10-20-46(43)54-33-38-27-23-35(4)24-28-38;1-2/h7,9-15,17-28,41,49-52H,6,8,16,29-33H2,1-5H3;1-2H3/b13-7-,42-36-;. The zero-order valence-corrected chi connectivity index (χ0v) is 34.5. The first-order valence-electron chi connectivity index (χ1n) is 20.1. The van der Waals surface area contributed by atoms with E-state index in [-0.39, 0.29) is 17.5 Å². The zero-order chi connectivity index (χ0) is 40.3. The summed E-state index contributed by atoms with van der Waals surface area (Å²) in [4.78, 5) is 0. The van der Waals surface area contributed by atoms with E-state index in [2.05, 4.69) is 79.9 Å². The molecule has 4 N–H and O–H groups in total. The van der Waals surface area contributed by atoms with Crippen LogP contribution in [0.5, 0.6) is 17.2 Å². The summed E-state index contributed by atoms with van der Waals surface area (Å²) in [5, 5.41) is 30.3. The Bertz CT molecular complexity index is 2000. The van der Waals surface area contributed by atoms with Crippen LogP contribution >= 0.6 is 0 Å². The van der Waals surface area contributed by atoms with Crippen molar-refractivity contribution in [3.05, 3.63) is 166 Å². The molecule has 0 aromatic heterocycles. The minimum Gasteiger partial charge on any atom is -0.507 e. The predicted octanol–water partition coefficient (Wildman–Crippen LogP) is 11.9. The molecule has 1 unspecified atom stereocenters. The Balaban J connectivity index is 0.00000342. The summed E-state index contributed by atoms with van der Waals surface area (Å²) in [6.45, 7) is 16.9. The van der Waals surface area contributed by atoms with Crippen LogP contribution in [-0.2, 0) is 31.0 Å². The molecule has 6 heteroatoms. The third-order valence-corrected chi connectivity index (χ3v) is 9.70. The molecule has 0 fully saturated rings. The van der Waals surface area contributed by atoms with Gasteiger partial charge < -0.3 is 30.3 Å². The maximum Gasteiger partial charge on any atom is 0.128 e. The summed E-state index contributed by atoms with van der Waals surface area (Å²) in [6, 6.07) is 36.5. The quantitative estimate of drug-likeness (QED) is 0.0496. The fourth-order valence-electron chi connectivity index (χ4n) is 6.44. The van der Waals surface area contributed by atoms with Crippen LogP contribution in [0.4, 0.5) is 0 Å². The normalized spacial score (nSPS) is 12.1. The Morgan fingerprint density at radius 3 is 1.98 bits per heavy atom. The molecule has 5 rings (SSSR count). The van der Waals surface area contributed by atoms with Gasteiger partial charge in [-0.25, -0.2) is 0 Å². The molecule has 56 heavy (non-hydrogen) atoms. The predicted molar refractivity (Wildman–Crippen MR) is 234 cm³/mol. The number of unbranched alkanes of at least 4 members (excludes halogenated alkanes) is 1. The third-order valence-electron chi connectivity index (χ3n) is 9.70. The molecule has 296 valence electrons. The number of allylic oxidation sites excluding steroid dienone is 4. The number of para-hydroxylation sites is 3. The molecule has 0 bridgehead atoms. The van der Waals surface area contributed by atoms with E-state index < -0.39 is 0 Å². The number of phenolic OH excluding ortho intramolecular Hbond substituents is 2. The lowest BCUT2D eigenvalue weighted by Gasteiger charge is -2.21. The second-order valence-electron chi connectivity index (χ2n) is 14.0. The largest absolute Gasteiger partial charge is 0.507 e. The first kappa shape index (κ1) is 43.4. The van der Waals surface area contributed by atoms with Crippen LogP contribution in [0.1, 0.15) is 92.8 Å². The minimum absolute atomic E-state index is 0.166. The first-order valence-corrected chi connectivity index (χ1v) is 20.1. The summed E-state index contributed by atoms with van der Waals surface area (Å²) in [5.41, 5.74) is 9.47. The van der Waals surface area contributed by atoms with Gasteiger partial charge in [-0.05, 0) is 51.3 Å². The third kappa shape index (κ3) is 12.6. The summed E-state index contributed by atoms with van der Waals surface area (Å²) >= 11 is 0. The summed E-state index contributed by atoms with van der Waals surface area (Å²) < 4.78 is 12.4. The van der Waals surface area contributed by atoms with E-state index >= 15 is 0 Å². The lowest BCUT2D eigenvalue weighted by molar-refractivity contribution is 0.202. The lowest BCUT2D eigenvalue weighted by atomic mass is 9.99. The number of phenols is 2. The molecule has 0 radical (unpaired) electrons. The molecule has 5 aromatic carbocycles. The molecule has 6 nitrogen and oxygen atoms in total. The number of nitrogens with one attached hydrogen (secondary N) is 2. The molecule has 0 aliphatic rings. The van der Waals surface area contributed by atoms with Crippen molar-refractivity contribution in [2.45, 2.75) is 100 Å². The minimum atomic E-state index is 0.166. The molecule has 5 aromatic rings. The van der Waals surface area contributed by atoms with Crippen molar-refractivity contribution in [2.75, 3.05) is 6.54 Å². The highest BCUT2D eigenvalue weighted by molar-refractivity contribution is 5.80. The average molecular weight is 755 g/mol. The summed E-state index contributed by atoms with van der Waals surface area (Å²) in [7, 11) is 0. The van der Waals surface area contributed by atoms with Crippen molar-refractivity contribution in [3.63, 3.8) is 0 Å². The molecule has 0 saturated heterocycles. The number of ether oxygens (including phenoxy) is 2. The van der Waals surface area contributed by atoms with Gasteiger partial charge in [0.1, 0.15) is 36.2 Å². The van der Waals surface area contributed by atoms with E-state index in [1.807, 2.05) is 101 Å².